The lowest BCUT2D eigenvalue weighted by Gasteiger charge is -2.09. The van der Waals surface area contributed by atoms with Gasteiger partial charge in [-0.05, 0) is 24.3 Å². The molecule has 0 atom stereocenters. The predicted octanol–water partition coefficient (Wildman–Crippen LogP) is 4.52. The summed E-state index contributed by atoms with van der Waals surface area (Å²) in [7, 11) is 0. The second-order valence-electron chi connectivity index (χ2n) is 3.97. The molecule has 20 heavy (non-hydrogen) atoms. The zero-order valence-electron chi connectivity index (χ0n) is 10.1. The van der Waals surface area contributed by atoms with Crippen LogP contribution >= 0.6 is 27.5 Å². The van der Waals surface area contributed by atoms with E-state index in [0.29, 0.717) is 5.02 Å². The van der Waals surface area contributed by atoms with E-state index in [-0.39, 0.29) is 17.9 Å². The van der Waals surface area contributed by atoms with E-state index in [9.17, 15) is 9.18 Å². The average molecular weight is 360 g/mol. The van der Waals surface area contributed by atoms with Gasteiger partial charge in [0.2, 0.25) is 0 Å². The molecular weight excluding hydrogens is 351 g/mol. The highest BCUT2D eigenvalue weighted by molar-refractivity contribution is 9.10. The molecule has 0 aliphatic carbocycles. The quantitative estimate of drug-likeness (QED) is 0.873. The summed E-state index contributed by atoms with van der Waals surface area (Å²) in [5.41, 5.74) is 0.358. The molecule has 3 nitrogen and oxygen atoms in total. The van der Waals surface area contributed by atoms with Crippen molar-refractivity contribution in [2.75, 3.05) is 0 Å². The second kappa shape index (κ2) is 6.24. The number of hydrogen-bond donors (Lipinski definition) is 1. The van der Waals surface area contributed by atoms with Crippen LogP contribution < -0.4 is 4.74 Å². The predicted molar refractivity (Wildman–Crippen MR) is 76.8 cm³/mol. The number of rotatable bonds is 4. The Kier molecular flexibility index (Phi) is 4.62. The minimum absolute atomic E-state index is 0.165. The fourth-order valence-electron chi connectivity index (χ4n) is 1.56. The smallest absolute Gasteiger partial charge is 0.338 e. The Morgan fingerprint density at radius 3 is 2.65 bits per heavy atom. The van der Waals surface area contributed by atoms with Crippen LogP contribution in [0.2, 0.25) is 5.02 Å². The molecule has 104 valence electrons. The van der Waals surface area contributed by atoms with Crippen molar-refractivity contribution >= 4 is 33.5 Å². The number of hydrogen-bond acceptors (Lipinski definition) is 2. The minimum atomic E-state index is -1.31. The Balaban J connectivity index is 2.11. The summed E-state index contributed by atoms with van der Waals surface area (Å²) in [6.07, 6.45) is 0. The van der Waals surface area contributed by atoms with Gasteiger partial charge in [-0.15, -0.1) is 0 Å². The molecule has 0 heterocycles. The lowest BCUT2D eigenvalue weighted by atomic mass is 10.2. The third-order valence-electron chi connectivity index (χ3n) is 2.58. The van der Waals surface area contributed by atoms with E-state index in [4.69, 9.17) is 21.4 Å². The summed E-state index contributed by atoms with van der Waals surface area (Å²) in [4.78, 5) is 10.7. The van der Waals surface area contributed by atoms with Crippen molar-refractivity contribution in [1.29, 1.82) is 0 Å². The van der Waals surface area contributed by atoms with Crippen LogP contribution in [0.1, 0.15) is 15.9 Å². The Labute approximate surface area is 128 Å². The zero-order chi connectivity index (χ0) is 14.7. The molecule has 1 N–H and O–H groups in total. The number of carbonyl (C=O) groups is 1. The molecule has 0 aliphatic rings. The van der Waals surface area contributed by atoms with Gasteiger partial charge in [0.05, 0.1) is 5.56 Å². The Hall–Kier alpha value is -1.59. The molecule has 0 bridgehead atoms. The molecule has 0 saturated carbocycles. The highest BCUT2D eigenvalue weighted by Gasteiger charge is 2.11. The van der Waals surface area contributed by atoms with E-state index >= 15 is 0 Å². The molecule has 0 spiro atoms. The van der Waals surface area contributed by atoms with Crippen LogP contribution in [0.5, 0.6) is 5.75 Å². The van der Waals surface area contributed by atoms with Crippen LogP contribution in [-0.4, -0.2) is 11.1 Å². The number of halogens is 3. The summed E-state index contributed by atoms with van der Waals surface area (Å²) >= 11 is 9.32. The van der Waals surface area contributed by atoms with Crippen LogP contribution in [0.3, 0.4) is 0 Å². The second-order valence-corrected chi connectivity index (χ2v) is 5.29. The number of aromatic carboxylic acids is 1. The summed E-state index contributed by atoms with van der Waals surface area (Å²) in [5, 5.41) is 9.25. The first-order valence-corrected chi connectivity index (χ1v) is 6.74. The van der Waals surface area contributed by atoms with E-state index in [2.05, 4.69) is 15.9 Å². The number of ether oxygens (including phenoxy) is 1. The van der Waals surface area contributed by atoms with E-state index in [1.165, 1.54) is 6.07 Å². The molecule has 0 fully saturated rings. The fourth-order valence-corrected chi connectivity index (χ4v) is 2.29. The molecule has 0 aliphatic heterocycles. The Morgan fingerprint density at radius 2 is 2.05 bits per heavy atom. The molecule has 6 heteroatoms. The van der Waals surface area contributed by atoms with Gasteiger partial charge in [-0.3, -0.25) is 0 Å². The van der Waals surface area contributed by atoms with Gasteiger partial charge in [0, 0.05) is 21.1 Å². The SMILES string of the molecule is O=C(O)c1ccc(OCc2ccc(Br)cc2Cl)cc1F. The van der Waals surface area contributed by atoms with Crippen LogP contribution in [0.25, 0.3) is 0 Å². The number of benzene rings is 2. The van der Waals surface area contributed by atoms with Gasteiger partial charge in [0.15, 0.2) is 0 Å². The third-order valence-corrected chi connectivity index (χ3v) is 3.43. The van der Waals surface area contributed by atoms with Gasteiger partial charge in [0.25, 0.3) is 0 Å². The molecule has 2 aromatic rings. The molecule has 0 aromatic heterocycles. The number of carboxylic acid groups (broad SMARTS) is 1. The van der Waals surface area contributed by atoms with Crippen molar-refractivity contribution in [2.45, 2.75) is 6.61 Å². The topological polar surface area (TPSA) is 46.5 Å². The van der Waals surface area contributed by atoms with Gasteiger partial charge < -0.3 is 9.84 Å². The third kappa shape index (κ3) is 3.49. The molecule has 2 aromatic carbocycles. The van der Waals surface area contributed by atoms with Crippen molar-refractivity contribution in [2.24, 2.45) is 0 Å². The zero-order valence-corrected chi connectivity index (χ0v) is 12.4. The van der Waals surface area contributed by atoms with Crippen LogP contribution in [0.15, 0.2) is 40.9 Å². The van der Waals surface area contributed by atoms with E-state index in [0.717, 1.165) is 22.2 Å². The first-order valence-electron chi connectivity index (χ1n) is 5.57. The average Bonchev–Trinajstić information content (AvgIpc) is 2.37. The highest BCUT2D eigenvalue weighted by Crippen LogP contribution is 2.23. The first kappa shape index (κ1) is 14.8. The van der Waals surface area contributed by atoms with Gasteiger partial charge in [0.1, 0.15) is 18.2 Å². The Bertz CT molecular complexity index is 661. The summed E-state index contributed by atoms with van der Waals surface area (Å²) < 4.78 is 19.7. The lowest BCUT2D eigenvalue weighted by molar-refractivity contribution is 0.0692. The molecular formula is C14H9BrClFO3. The van der Waals surface area contributed by atoms with Gasteiger partial charge >= 0.3 is 5.97 Å². The van der Waals surface area contributed by atoms with Crippen molar-refractivity contribution in [3.8, 4) is 5.75 Å². The largest absolute Gasteiger partial charge is 0.489 e. The maximum absolute atomic E-state index is 13.5. The maximum atomic E-state index is 13.5. The van der Waals surface area contributed by atoms with Crippen LogP contribution in [-0.2, 0) is 6.61 Å². The van der Waals surface area contributed by atoms with Crippen LogP contribution in [0.4, 0.5) is 4.39 Å². The van der Waals surface area contributed by atoms with Gasteiger partial charge in [-0.25, -0.2) is 9.18 Å². The van der Waals surface area contributed by atoms with Gasteiger partial charge in [-0.2, -0.15) is 0 Å². The van der Waals surface area contributed by atoms with E-state index in [1.54, 1.807) is 12.1 Å². The van der Waals surface area contributed by atoms with Crippen molar-refractivity contribution in [3.63, 3.8) is 0 Å². The standard InChI is InChI=1S/C14H9BrClFO3/c15-9-2-1-8(12(16)5-9)7-20-10-3-4-11(14(18)19)13(17)6-10/h1-6H,7H2,(H,18,19). The fraction of sp³-hybridized carbons (Fsp3) is 0.0714. The molecule has 0 saturated heterocycles. The molecule has 0 radical (unpaired) electrons. The molecule has 2 rings (SSSR count). The highest BCUT2D eigenvalue weighted by atomic mass is 79.9. The first-order chi connectivity index (χ1) is 9.47. The lowest BCUT2D eigenvalue weighted by Crippen LogP contribution is -2.02. The van der Waals surface area contributed by atoms with Gasteiger partial charge in [-0.1, -0.05) is 33.6 Å². The summed E-state index contributed by atoms with van der Waals surface area (Å²) in [6, 6.07) is 8.94. The van der Waals surface area contributed by atoms with E-state index in [1.807, 2.05) is 6.07 Å². The molecule has 0 unspecified atom stereocenters. The minimum Gasteiger partial charge on any atom is -0.489 e. The van der Waals surface area contributed by atoms with Crippen molar-refractivity contribution in [3.05, 3.63) is 62.8 Å². The Morgan fingerprint density at radius 1 is 1.30 bits per heavy atom. The normalized spacial score (nSPS) is 10.3. The monoisotopic (exact) mass is 358 g/mol. The van der Waals surface area contributed by atoms with Crippen molar-refractivity contribution in [1.82, 2.24) is 0 Å². The summed E-state index contributed by atoms with van der Waals surface area (Å²) in [6.45, 7) is 0.165. The number of carboxylic acids is 1. The van der Waals surface area contributed by atoms with Crippen LogP contribution in [0, 0.1) is 5.82 Å². The van der Waals surface area contributed by atoms with Crippen molar-refractivity contribution < 1.29 is 19.0 Å². The maximum Gasteiger partial charge on any atom is 0.338 e. The summed E-state index contributed by atoms with van der Waals surface area (Å²) in [5.74, 6) is -1.91. The van der Waals surface area contributed by atoms with E-state index < -0.39 is 11.8 Å². The molecule has 0 amide bonds.